The average Bonchev–Trinajstić information content (AvgIpc) is 2.60. The van der Waals surface area contributed by atoms with E-state index in [4.69, 9.17) is 9.47 Å². The molecule has 0 N–H and O–H groups in total. The molecule has 0 bridgehead atoms. The Morgan fingerprint density at radius 1 is 1.12 bits per heavy atom. The minimum absolute atomic E-state index is 0.0113. The normalized spacial score (nSPS) is 10.1. The summed E-state index contributed by atoms with van der Waals surface area (Å²) in [6.07, 6.45) is 0. The lowest BCUT2D eigenvalue weighted by atomic mass is 10.1. The molecule has 0 spiro atoms. The first-order valence-electron chi connectivity index (χ1n) is 7.25. The maximum Gasteiger partial charge on any atom is 0.274 e. The molecule has 2 aromatic carbocycles. The van der Waals surface area contributed by atoms with E-state index in [0.29, 0.717) is 17.1 Å². The van der Waals surface area contributed by atoms with Gasteiger partial charge in [-0.3, -0.25) is 14.9 Å². The van der Waals surface area contributed by atoms with E-state index in [2.05, 4.69) is 0 Å². The average molecular weight is 330 g/mol. The summed E-state index contributed by atoms with van der Waals surface area (Å²) in [6.45, 7) is -0.0528. The first-order valence-corrected chi connectivity index (χ1v) is 7.25. The molecule has 0 fully saturated rings. The van der Waals surface area contributed by atoms with Crippen molar-refractivity contribution in [3.05, 3.63) is 64.2 Å². The van der Waals surface area contributed by atoms with Crippen LogP contribution in [0.15, 0.2) is 48.5 Å². The molecule has 0 radical (unpaired) electrons. The number of nitro benzene ring substituents is 1. The summed E-state index contributed by atoms with van der Waals surface area (Å²) in [4.78, 5) is 24.1. The number of rotatable bonds is 7. The van der Waals surface area contributed by atoms with Gasteiger partial charge in [0, 0.05) is 18.7 Å². The molecular formula is C17H18N2O5. The summed E-state index contributed by atoms with van der Waals surface area (Å²) < 4.78 is 10.6. The summed E-state index contributed by atoms with van der Waals surface area (Å²) in [5.41, 5.74) is 0.457. The van der Waals surface area contributed by atoms with Gasteiger partial charge in [0.15, 0.2) is 18.1 Å². The van der Waals surface area contributed by atoms with Crippen molar-refractivity contribution < 1.29 is 19.2 Å². The van der Waals surface area contributed by atoms with E-state index in [9.17, 15) is 14.9 Å². The van der Waals surface area contributed by atoms with E-state index in [-0.39, 0.29) is 24.7 Å². The number of likely N-dealkylation sites (N-methyl/N-ethyl adjacent to an activating group) is 1. The number of carbonyl (C=O) groups excluding carboxylic acids is 1. The maximum atomic E-state index is 12.2. The molecular weight excluding hydrogens is 312 g/mol. The first kappa shape index (κ1) is 17.3. The van der Waals surface area contributed by atoms with Crippen LogP contribution in [0.2, 0.25) is 0 Å². The number of ether oxygens (including phenoxy) is 2. The zero-order chi connectivity index (χ0) is 17.5. The quantitative estimate of drug-likeness (QED) is 0.576. The van der Waals surface area contributed by atoms with Crippen LogP contribution in [0.1, 0.15) is 5.56 Å². The Hall–Kier alpha value is -3.09. The number of methoxy groups -OCH3 is 1. The second kappa shape index (κ2) is 7.96. The predicted molar refractivity (Wildman–Crippen MR) is 88.1 cm³/mol. The highest BCUT2D eigenvalue weighted by Gasteiger charge is 2.17. The molecule has 0 unspecified atom stereocenters. The number of benzene rings is 2. The van der Waals surface area contributed by atoms with Crippen LogP contribution in [0.3, 0.4) is 0 Å². The van der Waals surface area contributed by atoms with Gasteiger partial charge < -0.3 is 14.4 Å². The highest BCUT2D eigenvalue weighted by molar-refractivity contribution is 5.77. The molecule has 0 atom stereocenters. The van der Waals surface area contributed by atoms with Crippen LogP contribution in [0.4, 0.5) is 5.69 Å². The van der Waals surface area contributed by atoms with Gasteiger partial charge in [-0.1, -0.05) is 30.3 Å². The van der Waals surface area contributed by atoms with E-state index >= 15 is 0 Å². The number of hydrogen-bond donors (Lipinski definition) is 0. The van der Waals surface area contributed by atoms with E-state index in [1.807, 2.05) is 0 Å². The van der Waals surface area contributed by atoms with Crippen LogP contribution in [-0.4, -0.2) is 36.5 Å². The van der Waals surface area contributed by atoms with Crippen molar-refractivity contribution in [1.29, 1.82) is 0 Å². The van der Waals surface area contributed by atoms with Gasteiger partial charge in [-0.2, -0.15) is 0 Å². The van der Waals surface area contributed by atoms with Gasteiger partial charge in [0.1, 0.15) is 0 Å². The van der Waals surface area contributed by atoms with Crippen LogP contribution in [0.5, 0.6) is 11.5 Å². The third-order valence-corrected chi connectivity index (χ3v) is 3.44. The third kappa shape index (κ3) is 4.22. The van der Waals surface area contributed by atoms with Crippen molar-refractivity contribution in [2.24, 2.45) is 0 Å². The van der Waals surface area contributed by atoms with Gasteiger partial charge >= 0.3 is 0 Å². The minimum Gasteiger partial charge on any atom is -0.493 e. The third-order valence-electron chi connectivity index (χ3n) is 3.44. The number of amides is 1. The summed E-state index contributed by atoms with van der Waals surface area (Å²) in [6, 6.07) is 13.3. The molecule has 0 saturated heterocycles. The lowest BCUT2D eigenvalue weighted by molar-refractivity contribution is -0.385. The van der Waals surface area contributed by atoms with Crippen molar-refractivity contribution in [3.63, 3.8) is 0 Å². The van der Waals surface area contributed by atoms with E-state index in [1.54, 1.807) is 49.5 Å². The van der Waals surface area contributed by atoms with Crippen LogP contribution in [0, 0.1) is 10.1 Å². The Labute approximate surface area is 139 Å². The number of hydrogen-bond acceptors (Lipinski definition) is 5. The van der Waals surface area contributed by atoms with Crippen LogP contribution < -0.4 is 9.47 Å². The molecule has 24 heavy (non-hydrogen) atoms. The summed E-state index contributed by atoms with van der Waals surface area (Å²) in [7, 11) is 3.09. The minimum atomic E-state index is -0.459. The topological polar surface area (TPSA) is 81.9 Å². The molecule has 0 saturated carbocycles. The van der Waals surface area contributed by atoms with Gasteiger partial charge in [0.2, 0.25) is 0 Å². The standard InChI is InChI=1S/C17H18N2O5/c1-18(11-13-7-3-4-8-14(13)19(21)22)17(20)12-24-16-10-6-5-9-15(16)23-2/h3-10H,11-12H2,1-2H3. The molecule has 0 aliphatic rings. The molecule has 2 aromatic rings. The number of nitrogens with zero attached hydrogens (tertiary/aromatic N) is 2. The predicted octanol–water partition coefficient (Wildman–Crippen LogP) is 2.64. The van der Waals surface area contributed by atoms with Crippen molar-refractivity contribution >= 4 is 11.6 Å². The Balaban J connectivity index is 1.99. The summed E-state index contributed by atoms with van der Waals surface area (Å²) in [5.74, 6) is 0.707. The van der Waals surface area contributed by atoms with Crippen LogP contribution in [0.25, 0.3) is 0 Å². The lowest BCUT2D eigenvalue weighted by Gasteiger charge is -2.18. The van der Waals surface area contributed by atoms with Crippen molar-refractivity contribution in [1.82, 2.24) is 4.90 Å². The fraction of sp³-hybridized carbons (Fsp3) is 0.235. The fourth-order valence-corrected chi connectivity index (χ4v) is 2.15. The first-order chi connectivity index (χ1) is 11.5. The van der Waals surface area contributed by atoms with Crippen molar-refractivity contribution in [2.45, 2.75) is 6.54 Å². The molecule has 126 valence electrons. The zero-order valence-electron chi connectivity index (χ0n) is 13.5. The van der Waals surface area contributed by atoms with Gasteiger partial charge in [-0.05, 0) is 12.1 Å². The number of para-hydroxylation sites is 3. The van der Waals surface area contributed by atoms with E-state index < -0.39 is 4.92 Å². The van der Waals surface area contributed by atoms with Gasteiger partial charge in [-0.15, -0.1) is 0 Å². The highest BCUT2D eigenvalue weighted by Crippen LogP contribution is 2.25. The van der Waals surface area contributed by atoms with Crippen LogP contribution in [-0.2, 0) is 11.3 Å². The molecule has 0 heterocycles. The Kier molecular flexibility index (Phi) is 5.73. The Morgan fingerprint density at radius 3 is 2.42 bits per heavy atom. The summed E-state index contributed by atoms with van der Waals surface area (Å²) >= 11 is 0. The Morgan fingerprint density at radius 2 is 1.75 bits per heavy atom. The van der Waals surface area contributed by atoms with E-state index in [1.165, 1.54) is 18.1 Å². The highest BCUT2D eigenvalue weighted by atomic mass is 16.6. The fourth-order valence-electron chi connectivity index (χ4n) is 2.15. The Bertz CT molecular complexity index is 732. The second-order valence-electron chi connectivity index (χ2n) is 5.08. The largest absolute Gasteiger partial charge is 0.493 e. The molecule has 7 nitrogen and oxygen atoms in total. The molecule has 0 aliphatic heterocycles. The van der Waals surface area contributed by atoms with E-state index in [0.717, 1.165) is 0 Å². The monoisotopic (exact) mass is 330 g/mol. The molecule has 2 rings (SSSR count). The molecule has 0 aromatic heterocycles. The molecule has 1 amide bonds. The number of nitro groups is 1. The maximum absolute atomic E-state index is 12.2. The molecule has 7 heteroatoms. The number of carbonyl (C=O) groups is 1. The van der Waals surface area contributed by atoms with Gasteiger partial charge in [0.05, 0.1) is 18.6 Å². The zero-order valence-corrected chi connectivity index (χ0v) is 13.5. The SMILES string of the molecule is COc1ccccc1OCC(=O)N(C)Cc1ccccc1[N+](=O)[O-]. The molecule has 0 aliphatic carbocycles. The van der Waals surface area contributed by atoms with Gasteiger partial charge in [0.25, 0.3) is 11.6 Å². The smallest absolute Gasteiger partial charge is 0.274 e. The summed E-state index contributed by atoms with van der Waals surface area (Å²) in [5, 5.41) is 11.0. The lowest BCUT2D eigenvalue weighted by Crippen LogP contribution is -2.31. The van der Waals surface area contributed by atoms with Gasteiger partial charge in [-0.25, -0.2) is 0 Å². The van der Waals surface area contributed by atoms with Crippen molar-refractivity contribution in [3.8, 4) is 11.5 Å². The van der Waals surface area contributed by atoms with Crippen molar-refractivity contribution in [2.75, 3.05) is 20.8 Å². The van der Waals surface area contributed by atoms with Crippen LogP contribution >= 0.6 is 0 Å². The second-order valence-corrected chi connectivity index (χ2v) is 5.08.